The molecule has 3 aromatic heterocycles. The van der Waals surface area contributed by atoms with Crippen molar-refractivity contribution in [2.75, 3.05) is 0 Å². The van der Waals surface area contributed by atoms with Crippen molar-refractivity contribution in [2.24, 2.45) is 16.9 Å². The molecule has 8 nitrogen and oxygen atoms in total. The van der Waals surface area contributed by atoms with Crippen LogP contribution in [-0.4, -0.2) is 29.9 Å². The van der Waals surface area contributed by atoms with Gasteiger partial charge in [-0.2, -0.15) is 0 Å². The molecule has 0 fully saturated rings. The molecule has 0 aliphatic carbocycles. The van der Waals surface area contributed by atoms with Gasteiger partial charge in [0, 0.05) is 5.56 Å². The van der Waals surface area contributed by atoms with Gasteiger partial charge in [0.15, 0.2) is 0 Å². The highest BCUT2D eigenvalue weighted by Gasteiger charge is 2.24. The van der Waals surface area contributed by atoms with Crippen LogP contribution in [0.4, 0.5) is 0 Å². The first-order valence-corrected chi connectivity index (χ1v) is 9.83. The lowest BCUT2D eigenvalue weighted by Crippen LogP contribution is -2.27. The van der Waals surface area contributed by atoms with Crippen LogP contribution >= 0.6 is 0 Å². The van der Waals surface area contributed by atoms with Crippen molar-refractivity contribution in [2.45, 2.75) is 33.4 Å². The average molecular weight is 403 g/mol. The predicted octanol–water partition coefficient (Wildman–Crippen LogP) is 3.43. The number of nitrogens with two attached hydrogens (primary N) is 2. The second kappa shape index (κ2) is 7.81. The van der Waals surface area contributed by atoms with E-state index in [4.69, 9.17) is 11.5 Å². The van der Waals surface area contributed by atoms with E-state index < -0.39 is 0 Å². The van der Waals surface area contributed by atoms with Gasteiger partial charge < -0.3 is 21.4 Å². The van der Waals surface area contributed by atoms with E-state index in [1.165, 1.54) is 0 Å². The standard InChI is InChI=1S/C22H26N8/c1-22(2,3)20(24)21-28-10-16(30-21)14-6-4-13(5-7-14)15-9-26-17(11-25-15)18-12-27-19(8-23)29-18/h4-7,9-12,20H,8,23-24H2,1-3H3,(H,27,29)(H,28,30)/t20-/m1/s1. The SMILES string of the molecule is CC(C)(C)[C@H](N)c1ncc(-c2ccc(-c3cnc(-c4cnc(CN)[nH]4)cn3)cc2)[nH]1. The van der Waals surface area contributed by atoms with E-state index in [0.29, 0.717) is 6.54 Å². The summed E-state index contributed by atoms with van der Waals surface area (Å²) >= 11 is 0. The van der Waals surface area contributed by atoms with E-state index in [2.05, 4.69) is 50.7 Å². The quantitative estimate of drug-likeness (QED) is 0.404. The van der Waals surface area contributed by atoms with Crippen LogP contribution in [0.5, 0.6) is 0 Å². The summed E-state index contributed by atoms with van der Waals surface area (Å²) in [7, 11) is 0. The molecular weight excluding hydrogens is 376 g/mol. The fourth-order valence-corrected chi connectivity index (χ4v) is 3.08. The Bertz CT molecular complexity index is 1120. The Balaban J connectivity index is 1.52. The topological polar surface area (TPSA) is 135 Å². The third kappa shape index (κ3) is 4.00. The minimum atomic E-state index is -0.157. The zero-order valence-corrected chi connectivity index (χ0v) is 17.3. The Kier molecular flexibility index (Phi) is 5.19. The van der Waals surface area contributed by atoms with E-state index in [0.717, 1.165) is 45.6 Å². The summed E-state index contributed by atoms with van der Waals surface area (Å²) in [6.07, 6.45) is 7.02. The number of benzene rings is 1. The van der Waals surface area contributed by atoms with Crippen molar-refractivity contribution in [1.29, 1.82) is 0 Å². The molecule has 1 atom stereocenters. The zero-order chi connectivity index (χ0) is 21.3. The number of imidazole rings is 2. The Morgan fingerprint density at radius 2 is 1.43 bits per heavy atom. The van der Waals surface area contributed by atoms with Crippen LogP contribution in [0, 0.1) is 5.41 Å². The van der Waals surface area contributed by atoms with Gasteiger partial charge in [-0.3, -0.25) is 9.97 Å². The second-order valence-corrected chi connectivity index (χ2v) is 8.34. The molecule has 0 bridgehead atoms. The van der Waals surface area contributed by atoms with Gasteiger partial charge in [0.1, 0.15) is 17.3 Å². The van der Waals surface area contributed by atoms with Gasteiger partial charge in [-0.25, -0.2) is 9.97 Å². The monoisotopic (exact) mass is 402 g/mol. The summed E-state index contributed by atoms with van der Waals surface area (Å²) in [6, 6.07) is 7.95. The van der Waals surface area contributed by atoms with E-state index in [9.17, 15) is 0 Å². The van der Waals surface area contributed by atoms with Crippen LogP contribution in [-0.2, 0) is 6.54 Å². The van der Waals surface area contributed by atoms with Crippen molar-refractivity contribution in [1.82, 2.24) is 29.9 Å². The maximum absolute atomic E-state index is 6.31. The zero-order valence-electron chi connectivity index (χ0n) is 17.3. The normalized spacial score (nSPS) is 12.8. The van der Waals surface area contributed by atoms with E-state index in [-0.39, 0.29) is 11.5 Å². The number of hydrogen-bond acceptors (Lipinski definition) is 6. The minimum absolute atomic E-state index is 0.0636. The molecular formula is C22H26N8. The predicted molar refractivity (Wildman–Crippen MR) is 117 cm³/mol. The summed E-state index contributed by atoms with van der Waals surface area (Å²) < 4.78 is 0. The van der Waals surface area contributed by atoms with Crippen molar-refractivity contribution in [3.05, 3.63) is 60.7 Å². The largest absolute Gasteiger partial charge is 0.341 e. The molecule has 3 heterocycles. The van der Waals surface area contributed by atoms with Crippen molar-refractivity contribution >= 4 is 0 Å². The van der Waals surface area contributed by atoms with Gasteiger partial charge in [-0.1, -0.05) is 45.0 Å². The summed E-state index contributed by atoms with van der Waals surface area (Å²) in [4.78, 5) is 24.2. The van der Waals surface area contributed by atoms with Gasteiger partial charge in [0.05, 0.1) is 54.5 Å². The molecule has 8 heteroatoms. The number of aromatic nitrogens is 6. The van der Waals surface area contributed by atoms with Gasteiger partial charge in [-0.05, 0) is 11.0 Å². The van der Waals surface area contributed by atoms with Crippen LogP contribution in [0.25, 0.3) is 33.9 Å². The van der Waals surface area contributed by atoms with Gasteiger partial charge in [0.25, 0.3) is 0 Å². The van der Waals surface area contributed by atoms with E-state index >= 15 is 0 Å². The van der Waals surface area contributed by atoms with Crippen LogP contribution in [0.1, 0.15) is 38.5 Å². The lowest BCUT2D eigenvalue weighted by Gasteiger charge is -2.24. The van der Waals surface area contributed by atoms with Crippen LogP contribution in [0.3, 0.4) is 0 Å². The smallest absolute Gasteiger partial charge is 0.124 e. The average Bonchev–Trinajstić information content (AvgIpc) is 3.43. The Labute approximate surface area is 175 Å². The van der Waals surface area contributed by atoms with Gasteiger partial charge >= 0.3 is 0 Å². The third-order valence-electron chi connectivity index (χ3n) is 5.06. The Morgan fingerprint density at radius 1 is 0.800 bits per heavy atom. The molecule has 6 N–H and O–H groups in total. The number of hydrogen-bond donors (Lipinski definition) is 4. The first-order valence-electron chi connectivity index (χ1n) is 9.83. The molecule has 4 rings (SSSR count). The summed E-state index contributed by atoms with van der Waals surface area (Å²) in [5, 5.41) is 0. The molecule has 0 spiro atoms. The molecule has 154 valence electrons. The summed E-state index contributed by atoms with van der Waals surface area (Å²) in [5.74, 6) is 1.51. The highest BCUT2D eigenvalue weighted by Crippen LogP contribution is 2.30. The number of nitrogens with zero attached hydrogens (tertiary/aromatic N) is 4. The molecule has 0 aliphatic heterocycles. The minimum Gasteiger partial charge on any atom is -0.341 e. The Hall–Kier alpha value is -3.36. The van der Waals surface area contributed by atoms with E-state index in [1.54, 1.807) is 18.6 Å². The third-order valence-corrected chi connectivity index (χ3v) is 5.06. The van der Waals surface area contributed by atoms with Crippen molar-refractivity contribution < 1.29 is 0 Å². The maximum Gasteiger partial charge on any atom is 0.124 e. The molecule has 0 unspecified atom stereocenters. The van der Waals surface area contributed by atoms with Crippen LogP contribution in [0.15, 0.2) is 49.1 Å². The number of rotatable bonds is 5. The fraction of sp³-hybridized carbons (Fsp3) is 0.273. The van der Waals surface area contributed by atoms with Crippen molar-refractivity contribution in [3.63, 3.8) is 0 Å². The van der Waals surface area contributed by atoms with Gasteiger partial charge in [-0.15, -0.1) is 0 Å². The molecule has 0 saturated carbocycles. The van der Waals surface area contributed by atoms with Crippen LogP contribution < -0.4 is 11.5 Å². The molecule has 1 aromatic carbocycles. The van der Waals surface area contributed by atoms with Crippen molar-refractivity contribution in [3.8, 4) is 33.9 Å². The molecule has 0 amide bonds. The lowest BCUT2D eigenvalue weighted by atomic mass is 9.87. The first-order chi connectivity index (χ1) is 14.3. The van der Waals surface area contributed by atoms with Gasteiger partial charge in [0.2, 0.25) is 0 Å². The van der Waals surface area contributed by atoms with Crippen LogP contribution in [0.2, 0.25) is 0 Å². The maximum atomic E-state index is 6.31. The summed E-state index contributed by atoms with van der Waals surface area (Å²) in [5.41, 5.74) is 17.1. The number of nitrogens with one attached hydrogen (secondary N) is 2. The molecule has 4 aromatic rings. The second-order valence-electron chi connectivity index (χ2n) is 8.34. The highest BCUT2D eigenvalue weighted by molar-refractivity contribution is 5.66. The molecule has 30 heavy (non-hydrogen) atoms. The lowest BCUT2D eigenvalue weighted by molar-refractivity contribution is 0.317. The number of H-pyrrole nitrogens is 2. The summed E-state index contributed by atoms with van der Waals surface area (Å²) in [6.45, 7) is 6.66. The highest BCUT2D eigenvalue weighted by atomic mass is 15.0. The van der Waals surface area contributed by atoms with E-state index in [1.807, 2.05) is 30.5 Å². The molecule has 0 radical (unpaired) electrons. The molecule has 0 aliphatic rings. The number of aromatic amines is 2. The first kappa shape index (κ1) is 19.9. The Morgan fingerprint density at radius 3 is 2.03 bits per heavy atom. The molecule has 0 saturated heterocycles. The fourth-order valence-electron chi connectivity index (χ4n) is 3.08.